The minimum absolute atomic E-state index is 0.0191. The molecule has 0 aliphatic carbocycles. The van der Waals surface area contributed by atoms with Gasteiger partial charge in [-0.05, 0) is 68.2 Å². The lowest BCUT2D eigenvalue weighted by atomic mass is 9.75. The highest BCUT2D eigenvalue weighted by atomic mass is 19.4. The first kappa shape index (κ1) is 24.9. The number of aromatic nitrogens is 5. The number of hydrogen-bond donors (Lipinski definition) is 0. The normalized spacial score (nSPS) is 18.7. The van der Waals surface area contributed by atoms with Crippen molar-refractivity contribution in [3.8, 4) is 5.69 Å². The molecule has 4 aromatic rings. The van der Waals surface area contributed by atoms with Gasteiger partial charge in [0.05, 0.1) is 30.0 Å². The fourth-order valence-corrected chi connectivity index (χ4v) is 5.66. The predicted molar refractivity (Wildman–Crippen MR) is 135 cm³/mol. The van der Waals surface area contributed by atoms with E-state index in [1.807, 2.05) is 36.9 Å². The summed E-state index contributed by atoms with van der Waals surface area (Å²) in [5, 5.41) is 8.17. The van der Waals surface area contributed by atoms with Crippen LogP contribution in [0.5, 0.6) is 0 Å². The maximum atomic E-state index is 14.2. The summed E-state index contributed by atoms with van der Waals surface area (Å²) in [6.45, 7) is 2.58. The molecule has 2 fully saturated rings. The molecule has 200 valence electrons. The molecule has 5 heterocycles. The van der Waals surface area contributed by atoms with Crippen LogP contribution in [0.4, 0.5) is 13.2 Å². The molecule has 2 aliphatic rings. The van der Waals surface area contributed by atoms with Gasteiger partial charge in [0.25, 0.3) is 0 Å². The molecule has 0 bridgehead atoms. The second kappa shape index (κ2) is 9.09. The Bertz CT molecular complexity index is 1540. The van der Waals surface area contributed by atoms with Crippen LogP contribution >= 0.6 is 0 Å². The summed E-state index contributed by atoms with van der Waals surface area (Å²) in [7, 11) is 3.88. The molecule has 0 unspecified atom stereocenters. The molecule has 2 saturated heterocycles. The van der Waals surface area contributed by atoms with Crippen LogP contribution in [0.2, 0.25) is 0 Å². The Labute approximate surface area is 217 Å². The molecule has 2 aliphatic heterocycles. The van der Waals surface area contributed by atoms with Crippen LogP contribution < -0.4 is 5.69 Å². The van der Waals surface area contributed by atoms with E-state index in [0.29, 0.717) is 30.9 Å². The molecule has 0 saturated carbocycles. The van der Waals surface area contributed by atoms with Crippen molar-refractivity contribution in [1.82, 2.24) is 28.6 Å². The second-order valence-corrected chi connectivity index (χ2v) is 10.7. The summed E-state index contributed by atoms with van der Waals surface area (Å²) in [5.74, 6) is 0.788. The standard InChI is InChI=1S/C27H29F3N6O2/c1-33-8-6-18(7-9-33)19-10-22(27(28,29)30)23-14-35(25(37)36(23)13-19)21-5-3-4-20(11-21)26(15-38-16-26)12-24-32-31-17-34(24)2/h3-5,10-11,13-14,17-18H,6-9,12,15-16H2,1-2H3. The summed E-state index contributed by atoms with van der Waals surface area (Å²) in [6.07, 6.45) is 2.06. The average Bonchev–Trinajstić information content (AvgIpc) is 3.43. The fourth-order valence-electron chi connectivity index (χ4n) is 5.66. The Morgan fingerprint density at radius 2 is 1.87 bits per heavy atom. The number of likely N-dealkylation sites (tertiary alicyclic amines) is 1. The zero-order valence-electron chi connectivity index (χ0n) is 21.3. The molecule has 6 rings (SSSR count). The molecule has 8 nitrogen and oxygen atoms in total. The van der Waals surface area contributed by atoms with Crippen molar-refractivity contribution in [1.29, 1.82) is 0 Å². The van der Waals surface area contributed by atoms with Crippen molar-refractivity contribution in [2.24, 2.45) is 7.05 Å². The highest BCUT2D eigenvalue weighted by Gasteiger charge is 2.42. The van der Waals surface area contributed by atoms with Gasteiger partial charge >= 0.3 is 11.9 Å². The maximum absolute atomic E-state index is 14.2. The van der Waals surface area contributed by atoms with E-state index in [-0.39, 0.29) is 16.8 Å². The van der Waals surface area contributed by atoms with Gasteiger partial charge in [0.2, 0.25) is 0 Å². The summed E-state index contributed by atoms with van der Waals surface area (Å²) >= 11 is 0. The predicted octanol–water partition coefficient (Wildman–Crippen LogP) is 3.56. The van der Waals surface area contributed by atoms with Crippen molar-refractivity contribution in [2.75, 3.05) is 33.4 Å². The van der Waals surface area contributed by atoms with E-state index in [4.69, 9.17) is 4.74 Å². The van der Waals surface area contributed by atoms with Crippen LogP contribution in [0, 0.1) is 0 Å². The minimum Gasteiger partial charge on any atom is -0.379 e. The monoisotopic (exact) mass is 526 g/mol. The largest absolute Gasteiger partial charge is 0.418 e. The van der Waals surface area contributed by atoms with E-state index in [9.17, 15) is 18.0 Å². The average molecular weight is 527 g/mol. The summed E-state index contributed by atoms with van der Waals surface area (Å²) < 4.78 is 52.5. The molecule has 0 atom stereocenters. The van der Waals surface area contributed by atoms with E-state index in [0.717, 1.165) is 41.7 Å². The first-order chi connectivity index (χ1) is 18.1. The SMILES string of the molecule is CN1CCC(c2cc(C(F)(F)F)c3cn(-c4cccc(C5(Cc6nncn6C)COC5)c4)c(=O)n3c2)CC1. The van der Waals surface area contributed by atoms with Crippen molar-refractivity contribution in [2.45, 2.75) is 36.8 Å². The molecule has 0 radical (unpaired) electrons. The number of ether oxygens (including phenoxy) is 1. The number of fused-ring (bicyclic) bond motifs is 1. The quantitative estimate of drug-likeness (QED) is 0.398. The number of hydrogen-bond acceptors (Lipinski definition) is 5. The van der Waals surface area contributed by atoms with Crippen LogP contribution in [-0.4, -0.2) is 62.0 Å². The minimum atomic E-state index is -4.59. The number of imidazole rings is 1. The third-order valence-electron chi connectivity index (χ3n) is 8.08. The van der Waals surface area contributed by atoms with E-state index < -0.39 is 17.4 Å². The van der Waals surface area contributed by atoms with Gasteiger partial charge < -0.3 is 14.2 Å². The number of pyridine rings is 1. The number of aryl methyl sites for hydroxylation is 1. The molecule has 38 heavy (non-hydrogen) atoms. The molecular weight excluding hydrogens is 497 g/mol. The van der Waals surface area contributed by atoms with Crippen molar-refractivity contribution >= 4 is 5.52 Å². The number of piperidine rings is 1. The van der Waals surface area contributed by atoms with E-state index in [1.165, 1.54) is 16.8 Å². The topological polar surface area (TPSA) is 69.6 Å². The fraction of sp³-hybridized carbons (Fsp3) is 0.444. The van der Waals surface area contributed by atoms with Gasteiger partial charge in [0.15, 0.2) is 0 Å². The van der Waals surface area contributed by atoms with Crippen LogP contribution in [0.1, 0.15) is 41.3 Å². The number of alkyl halides is 3. The maximum Gasteiger partial charge on any atom is 0.418 e. The summed E-state index contributed by atoms with van der Waals surface area (Å²) in [5.41, 5.74) is 0.199. The summed E-state index contributed by atoms with van der Waals surface area (Å²) in [4.78, 5) is 15.7. The lowest BCUT2D eigenvalue weighted by molar-refractivity contribution is -0.136. The van der Waals surface area contributed by atoms with E-state index >= 15 is 0 Å². The molecule has 1 aromatic carbocycles. The van der Waals surface area contributed by atoms with Crippen LogP contribution in [0.15, 0.2) is 53.8 Å². The molecule has 0 N–H and O–H groups in total. The first-order valence-electron chi connectivity index (χ1n) is 12.7. The van der Waals surface area contributed by atoms with E-state index in [1.54, 1.807) is 18.6 Å². The highest BCUT2D eigenvalue weighted by molar-refractivity contribution is 5.58. The Balaban J connectivity index is 1.43. The molecule has 0 spiro atoms. The second-order valence-electron chi connectivity index (χ2n) is 10.7. The Hall–Kier alpha value is -3.44. The van der Waals surface area contributed by atoms with Gasteiger partial charge in [0, 0.05) is 31.3 Å². The van der Waals surface area contributed by atoms with Gasteiger partial charge in [-0.2, -0.15) is 13.2 Å². The zero-order chi connectivity index (χ0) is 26.7. The Morgan fingerprint density at radius 1 is 1.11 bits per heavy atom. The van der Waals surface area contributed by atoms with Crippen LogP contribution in [-0.2, 0) is 29.8 Å². The van der Waals surface area contributed by atoms with Crippen LogP contribution in [0.25, 0.3) is 11.2 Å². The molecular formula is C27H29F3N6O2. The smallest absolute Gasteiger partial charge is 0.379 e. The number of rotatable bonds is 5. The molecule has 11 heteroatoms. The Morgan fingerprint density at radius 3 is 2.50 bits per heavy atom. The van der Waals surface area contributed by atoms with Gasteiger partial charge in [0.1, 0.15) is 12.2 Å². The number of halogens is 3. The number of nitrogens with zero attached hydrogens (tertiary/aromatic N) is 6. The highest BCUT2D eigenvalue weighted by Crippen LogP contribution is 2.38. The third-order valence-corrected chi connectivity index (χ3v) is 8.08. The number of benzene rings is 1. The molecule has 3 aromatic heterocycles. The van der Waals surface area contributed by atoms with Crippen molar-refractivity contribution in [3.63, 3.8) is 0 Å². The zero-order valence-corrected chi connectivity index (χ0v) is 21.3. The molecule has 0 amide bonds. The van der Waals surface area contributed by atoms with Gasteiger partial charge in [-0.15, -0.1) is 10.2 Å². The lowest BCUT2D eigenvalue weighted by Gasteiger charge is -2.41. The van der Waals surface area contributed by atoms with Crippen molar-refractivity contribution < 1.29 is 17.9 Å². The first-order valence-corrected chi connectivity index (χ1v) is 12.7. The lowest BCUT2D eigenvalue weighted by Crippen LogP contribution is -2.49. The van der Waals surface area contributed by atoms with Gasteiger partial charge in [-0.25, -0.2) is 4.79 Å². The van der Waals surface area contributed by atoms with E-state index in [2.05, 4.69) is 15.1 Å². The van der Waals surface area contributed by atoms with Crippen molar-refractivity contribution in [3.05, 3.63) is 82.1 Å². The Kier molecular flexibility index (Phi) is 5.95. The summed E-state index contributed by atoms with van der Waals surface area (Å²) in [6, 6.07) is 8.62. The van der Waals surface area contributed by atoms with Gasteiger partial charge in [-0.3, -0.25) is 8.97 Å². The van der Waals surface area contributed by atoms with Gasteiger partial charge in [-0.1, -0.05) is 12.1 Å². The third kappa shape index (κ3) is 4.23. The van der Waals surface area contributed by atoms with Crippen LogP contribution in [0.3, 0.4) is 0 Å².